The van der Waals surface area contributed by atoms with E-state index in [2.05, 4.69) is 10.1 Å². The second-order valence-corrected chi connectivity index (χ2v) is 5.27. The van der Waals surface area contributed by atoms with Gasteiger partial charge in [0.05, 0.1) is 11.6 Å². The van der Waals surface area contributed by atoms with Crippen molar-refractivity contribution >= 4 is 28.7 Å². The monoisotopic (exact) mass is 283 g/mol. The van der Waals surface area contributed by atoms with Crippen LogP contribution in [0.3, 0.4) is 0 Å². The molecule has 1 atom stereocenters. The van der Waals surface area contributed by atoms with Crippen molar-refractivity contribution in [3.05, 3.63) is 11.5 Å². The molecule has 2 heterocycles. The number of carbonyl (C=O) groups excluding carboxylic acids is 1. The maximum Gasteiger partial charge on any atom is 0.240 e. The topological polar surface area (TPSA) is 78.7 Å². The van der Waals surface area contributed by atoms with Crippen LogP contribution >= 0.6 is 11.6 Å². The Hall–Kier alpha value is -1.56. The first-order valence-corrected chi connectivity index (χ1v) is 6.67. The molecule has 0 radical (unpaired) electrons. The Balaban J connectivity index is 2.79. The maximum absolute atomic E-state index is 11.8. The maximum atomic E-state index is 11.8. The third-order valence-corrected chi connectivity index (χ3v) is 3.47. The zero-order valence-corrected chi connectivity index (χ0v) is 12.3. The van der Waals surface area contributed by atoms with Crippen LogP contribution in [0, 0.1) is 12.8 Å². The van der Waals surface area contributed by atoms with Crippen LogP contribution in [0.15, 0.2) is 0 Å². The second kappa shape index (κ2) is 4.85. The molecule has 1 unspecified atom stereocenters. The van der Waals surface area contributed by atoms with Crippen LogP contribution in [-0.4, -0.2) is 25.2 Å². The van der Waals surface area contributed by atoms with E-state index < -0.39 is 6.04 Å². The third kappa shape index (κ3) is 2.10. The molecule has 0 saturated carbocycles. The lowest BCUT2D eigenvalue weighted by atomic mass is 10.0. The van der Waals surface area contributed by atoms with E-state index in [0.717, 1.165) is 16.9 Å². The number of primary amides is 1. The average molecular weight is 284 g/mol. The molecule has 19 heavy (non-hydrogen) atoms. The van der Waals surface area contributed by atoms with Gasteiger partial charge in [0.15, 0.2) is 5.65 Å². The van der Waals surface area contributed by atoms with Crippen LogP contribution in [-0.2, 0) is 17.7 Å². The number of hydrogen-bond donors (Lipinski definition) is 1. The van der Waals surface area contributed by atoms with Gasteiger partial charge in [0, 0.05) is 7.05 Å². The Morgan fingerprint density at radius 1 is 1.47 bits per heavy atom. The van der Waals surface area contributed by atoms with Crippen molar-refractivity contribution in [2.75, 3.05) is 0 Å². The summed E-state index contributed by atoms with van der Waals surface area (Å²) in [6, 6.07) is -0.478. The molecule has 0 aliphatic heterocycles. The van der Waals surface area contributed by atoms with Gasteiger partial charge >= 0.3 is 0 Å². The van der Waals surface area contributed by atoms with Gasteiger partial charge in [0.2, 0.25) is 5.91 Å². The van der Waals surface area contributed by atoms with E-state index >= 15 is 0 Å². The van der Waals surface area contributed by atoms with Crippen LogP contribution in [0.2, 0.25) is 0 Å². The van der Waals surface area contributed by atoms with Crippen molar-refractivity contribution in [1.29, 1.82) is 0 Å². The van der Waals surface area contributed by atoms with Crippen LogP contribution in [0.5, 0.6) is 0 Å². The highest BCUT2D eigenvalue weighted by Gasteiger charge is 2.28. The molecule has 0 bridgehead atoms. The fourth-order valence-corrected chi connectivity index (χ4v) is 2.67. The van der Waals surface area contributed by atoms with Crippen molar-refractivity contribution in [3.63, 3.8) is 0 Å². The van der Waals surface area contributed by atoms with E-state index in [4.69, 9.17) is 17.3 Å². The molecule has 0 fully saturated rings. The Kier molecular flexibility index (Phi) is 3.54. The van der Waals surface area contributed by atoms with Crippen LogP contribution in [0.25, 0.3) is 11.2 Å². The zero-order chi connectivity index (χ0) is 14.3. The van der Waals surface area contributed by atoms with E-state index in [1.807, 2.05) is 32.4 Å². The Labute approximate surface area is 116 Å². The van der Waals surface area contributed by atoms with Gasteiger partial charge in [-0.25, -0.2) is 4.98 Å². The SMILES string of the molecule is Cc1nn(C)c2c1nc(CCl)n2C(C(N)=O)C(C)C. The lowest BCUT2D eigenvalue weighted by molar-refractivity contribution is -0.122. The lowest BCUT2D eigenvalue weighted by Crippen LogP contribution is -2.32. The molecule has 2 rings (SSSR count). The van der Waals surface area contributed by atoms with E-state index in [0.29, 0.717) is 5.82 Å². The summed E-state index contributed by atoms with van der Waals surface area (Å²) in [6.45, 7) is 5.78. The number of amides is 1. The summed E-state index contributed by atoms with van der Waals surface area (Å²) in [5.74, 6) is 0.529. The first-order valence-electron chi connectivity index (χ1n) is 6.14. The molecule has 2 aromatic rings. The molecular weight excluding hydrogens is 266 g/mol. The molecule has 1 amide bonds. The molecule has 6 nitrogen and oxygen atoms in total. The smallest absolute Gasteiger partial charge is 0.240 e. The van der Waals surface area contributed by atoms with Crippen LogP contribution in [0.4, 0.5) is 0 Å². The van der Waals surface area contributed by atoms with Gasteiger partial charge in [-0.3, -0.25) is 14.0 Å². The predicted molar refractivity (Wildman–Crippen MR) is 73.9 cm³/mol. The number of nitrogens with zero attached hydrogens (tertiary/aromatic N) is 4. The van der Waals surface area contributed by atoms with Crippen molar-refractivity contribution in [3.8, 4) is 0 Å². The van der Waals surface area contributed by atoms with Gasteiger partial charge in [0.1, 0.15) is 17.4 Å². The summed E-state index contributed by atoms with van der Waals surface area (Å²) in [5, 5.41) is 4.33. The van der Waals surface area contributed by atoms with Crippen molar-refractivity contribution < 1.29 is 4.79 Å². The van der Waals surface area contributed by atoms with Crippen LogP contribution < -0.4 is 5.73 Å². The number of carbonyl (C=O) groups is 1. The van der Waals surface area contributed by atoms with Gasteiger partial charge in [-0.05, 0) is 12.8 Å². The van der Waals surface area contributed by atoms with Gasteiger partial charge in [-0.1, -0.05) is 13.8 Å². The van der Waals surface area contributed by atoms with Gasteiger partial charge in [0.25, 0.3) is 0 Å². The number of halogens is 1. The number of hydrogen-bond acceptors (Lipinski definition) is 3. The van der Waals surface area contributed by atoms with E-state index in [9.17, 15) is 4.79 Å². The number of rotatable bonds is 4. The first kappa shape index (κ1) is 13.9. The largest absolute Gasteiger partial charge is 0.368 e. The first-order chi connectivity index (χ1) is 8.88. The normalized spacial score (nSPS) is 13.4. The average Bonchev–Trinajstić information content (AvgIpc) is 2.79. The molecule has 2 N–H and O–H groups in total. The summed E-state index contributed by atoms with van der Waals surface area (Å²) in [4.78, 5) is 16.2. The highest BCUT2D eigenvalue weighted by molar-refractivity contribution is 6.16. The molecule has 0 aromatic carbocycles. The van der Waals surface area contributed by atoms with Crippen molar-refractivity contribution in [2.24, 2.45) is 18.7 Å². The van der Waals surface area contributed by atoms with Crippen molar-refractivity contribution in [1.82, 2.24) is 19.3 Å². The Morgan fingerprint density at radius 3 is 2.58 bits per heavy atom. The third-order valence-electron chi connectivity index (χ3n) is 3.23. The van der Waals surface area contributed by atoms with Gasteiger partial charge in [-0.15, -0.1) is 11.6 Å². The molecule has 0 saturated heterocycles. The molecule has 0 spiro atoms. The van der Waals surface area contributed by atoms with E-state index in [1.165, 1.54) is 0 Å². The second-order valence-electron chi connectivity index (χ2n) is 5.00. The number of aromatic nitrogens is 4. The van der Waals surface area contributed by atoms with Crippen LogP contribution in [0.1, 0.15) is 31.4 Å². The zero-order valence-electron chi connectivity index (χ0n) is 11.5. The summed E-state index contributed by atoms with van der Waals surface area (Å²) in [7, 11) is 1.82. The Morgan fingerprint density at radius 2 is 2.11 bits per heavy atom. The van der Waals surface area contributed by atoms with E-state index in [-0.39, 0.29) is 17.7 Å². The summed E-state index contributed by atoms with van der Waals surface area (Å²) < 4.78 is 3.53. The number of nitrogens with two attached hydrogens (primary N) is 1. The fourth-order valence-electron chi connectivity index (χ4n) is 2.48. The van der Waals surface area contributed by atoms with E-state index in [1.54, 1.807) is 4.68 Å². The quantitative estimate of drug-likeness (QED) is 0.864. The van der Waals surface area contributed by atoms with Gasteiger partial charge in [-0.2, -0.15) is 5.10 Å². The minimum Gasteiger partial charge on any atom is -0.368 e. The minimum absolute atomic E-state index is 0.0482. The minimum atomic E-state index is -0.478. The fraction of sp³-hybridized carbons (Fsp3) is 0.583. The summed E-state index contributed by atoms with van der Waals surface area (Å²) in [6.07, 6.45) is 0. The predicted octanol–water partition coefficient (Wildman–Crippen LogP) is 1.50. The van der Waals surface area contributed by atoms with Crippen molar-refractivity contribution in [2.45, 2.75) is 32.7 Å². The molecular formula is C12H18ClN5O. The number of imidazole rings is 1. The standard InChI is InChI=1S/C12H18ClN5O/c1-6(2)10(11(14)19)18-8(5-13)15-9-7(3)16-17(4)12(9)18/h6,10H,5H2,1-4H3,(H2,14,19). The lowest BCUT2D eigenvalue weighted by Gasteiger charge is -2.21. The summed E-state index contributed by atoms with van der Waals surface area (Å²) in [5.41, 5.74) is 7.91. The molecule has 104 valence electrons. The molecule has 7 heteroatoms. The number of aryl methyl sites for hydroxylation is 2. The summed E-state index contributed by atoms with van der Waals surface area (Å²) >= 11 is 5.95. The Bertz CT molecular complexity index is 628. The number of alkyl halides is 1. The number of fused-ring (bicyclic) bond motifs is 1. The molecule has 0 aliphatic rings. The van der Waals surface area contributed by atoms with Gasteiger partial charge < -0.3 is 5.73 Å². The molecule has 2 aromatic heterocycles. The molecule has 0 aliphatic carbocycles. The highest BCUT2D eigenvalue weighted by Crippen LogP contribution is 2.28. The highest BCUT2D eigenvalue weighted by atomic mass is 35.5.